The molecule has 1 aliphatic heterocycles. The number of carboxylic acid groups (broad SMARTS) is 1. The fraction of sp³-hybridized carbons (Fsp3) is 0.625. The Kier molecular flexibility index (Phi) is 2.50. The Morgan fingerprint density at radius 2 is 2.55 bits per heavy atom. The van der Waals surface area contributed by atoms with E-state index in [1.807, 2.05) is 4.90 Å². The molecule has 0 saturated carbocycles. The number of likely N-dealkylation sites (tertiary alicyclic amines) is 1. The minimum absolute atomic E-state index is 0.131. The molecule has 0 radical (unpaired) electrons. The second kappa shape index (κ2) is 3.40. The number of hydrogen-bond donors (Lipinski definition) is 1. The van der Waals surface area contributed by atoms with Gasteiger partial charge >= 0.3 is 5.97 Å². The van der Waals surface area contributed by atoms with E-state index < -0.39 is 5.97 Å². The van der Waals surface area contributed by atoms with Crippen LogP contribution in [0.4, 0.5) is 0 Å². The Bertz CT molecular complexity index is 195. The molecule has 0 bridgehead atoms. The lowest BCUT2D eigenvalue weighted by atomic mass is 10.0. The first-order valence-electron chi connectivity index (χ1n) is 3.63. The molecule has 3 heteroatoms. The molecule has 1 saturated heterocycles. The van der Waals surface area contributed by atoms with Crippen LogP contribution < -0.4 is 0 Å². The third-order valence-electron chi connectivity index (χ3n) is 1.96. The molecule has 60 valence electrons. The van der Waals surface area contributed by atoms with Crippen LogP contribution in [0.25, 0.3) is 0 Å². The molecule has 1 rings (SSSR count). The summed E-state index contributed by atoms with van der Waals surface area (Å²) in [5.74, 6) is 1.77. The molecule has 0 aromatic carbocycles. The molecular formula is C8H11NO2. The summed E-state index contributed by atoms with van der Waals surface area (Å²) >= 11 is 0. The summed E-state index contributed by atoms with van der Waals surface area (Å²) < 4.78 is 0. The topological polar surface area (TPSA) is 40.5 Å². The number of hydrogen-bond acceptors (Lipinski definition) is 2. The first-order valence-corrected chi connectivity index (χ1v) is 3.63. The van der Waals surface area contributed by atoms with Crippen LogP contribution in [0, 0.1) is 12.3 Å². The van der Waals surface area contributed by atoms with Gasteiger partial charge in [-0.3, -0.25) is 9.69 Å². The van der Waals surface area contributed by atoms with Crippen LogP contribution in [0.1, 0.15) is 12.8 Å². The summed E-state index contributed by atoms with van der Waals surface area (Å²) in [4.78, 5) is 12.2. The quantitative estimate of drug-likeness (QED) is 0.587. The number of aliphatic carboxylic acids is 1. The Morgan fingerprint density at radius 3 is 2.91 bits per heavy atom. The molecule has 0 aromatic rings. The van der Waals surface area contributed by atoms with Crippen molar-refractivity contribution in [3.63, 3.8) is 0 Å². The number of carboxylic acids is 1. The molecule has 0 aliphatic carbocycles. The van der Waals surface area contributed by atoms with E-state index in [0.29, 0.717) is 12.5 Å². The van der Waals surface area contributed by atoms with Gasteiger partial charge in [-0.05, 0) is 6.42 Å². The molecule has 1 atom stereocenters. The highest BCUT2D eigenvalue weighted by Crippen LogP contribution is 2.18. The number of nitrogens with zero attached hydrogens (tertiary/aromatic N) is 1. The zero-order valence-corrected chi connectivity index (χ0v) is 6.29. The SMILES string of the molecule is C#CCC1CCN1CC(=O)O. The van der Waals surface area contributed by atoms with Crippen LogP contribution in [0.3, 0.4) is 0 Å². The molecule has 0 spiro atoms. The van der Waals surface area contributed by atoms with Crippen LogP contribution in [0.2, 0.25) is 0 Å². The molecule has 0 aromatic heterocycles. The number of carbonyl (C=O) groups is 1. The Hall–Kier alpha value is -1.01. The first kappa shape index (κ1) is 8.09. The lowest BCUT2D eigenvalue weighted by Gasteiger charge is -2.38. The molecular weight excluding hydrogens is 142 g/mol. The van der Waals surface area contributed by atoms with Gasteiger partial charge in [-0.15, -0.1) is 12.3 Å². The zero-order valence-electron chi connectivity index (χ0n) is 6.29. The van der Waals surface area contributed by atoms with Crippen LogP contribution in [0.15, 0.2) is 0 Å². The number of terminal acetylenes is 1. The van der Waals surface area contributed by atoms with Crippen molar-refractivity contribution in [3.05, 3.63) is 0 Å². The van der Waals surface area contributed by atoms with Gasteiger partial charge in [0, 0.05) is 19.0 Å². The van der Waals surface area contributed by atoms with Gasteiger partial charge in [-0.1, -0.05) is 0 Å². The Morgan fingerprint density at radius 1 is 1.82 bits per heavy atom. The lowest BCUT2D eigenvalue weighted by molar-refractivity contribution is -0.140. The molecule has 3 nitrogen and oxygen atoms in total. The molecule has 1 N–H and O–H groups in total. The maximum atomic E-state index is 10.3. The second-order valence-corrected chi connectivity index (χ2v) is 2.71. The van der Waals surface area contributed by atoms with Gasteiger partial charge in [-0.2, -0.15) is 0 Å². The second-order valence-electron chi connectivity index (χ2n) is 2.71. The van der Waals surface area contributed by atoms with Crippen molar-refractivity contribution < 1.29 is 9.90 Å². The van der Waals surface area contributed by atoms with E-state index >= 15 is 0 Å². The largest absolute Gasteiger partial charge is 0.480 e. The zero-order chi connectivity index (χ0) is 8.27. The van der Waals surface area contributed by atoms with Crippen LogP contribution in [-0.4, -0.2) is 35.1 Å². The lowest BCUT2D eigenvalue weighted by Crippen LogP contribution is -2.49. The van der Waals surface area contributed by atoms with Gasteiger partial charge in [0.2, 0.25) is 0 Å². The van der Waals surface area contributed by atoms with Crippen molar-refractivity contribution in [2.24, 2.45) is 0 Å². The van der Waals surface area contributed by atoms with E-state index in [-0.39, 0.29) is 6.54 Å². The highest BCUT2D eigenvalue weighted by atomic mass is 16.4. The van der Waals surface area contributed by atoms with Crippen molar-refractivity contribution in [3.8, 4) is 12.3 Å². The van der Waals surface area contributed by atoms with Crippen LogP contribution in [0.5, 0.6) is 0 Å². The van der Waals surface area contributed by atoms with E-state index in [2.05, 4.69) is 5.92 Å². The van der Waals surface area contributed by atoms with E-state index in [1.54, 1.807) is 0 Å². The van der Waals surface area contributed by atoms with Gasteiger partial charge < -0.3 is 5.11 Å². The van der Waals surface area contributed by atoms with E-state index in [4.69, 9.17) is 11.5 Å². The fourth-order valence-electron chi connectivity index (χ4n) is 1.24. The maximum Gasteiger partial charge on any atom is 0.317 e. The third kappa shape index (κ3) is 1.95. The molecule has 0 amide bonds. The Balaban J connectivity index is 2.27. The smallest absolute Gasteiger partial charge is 0.317 e. The van der Waals surface area contributed by atoms with Crippen molar-refractivity contribution in [1.29, 1.82) is 0 Å². The molecule has 1 aliphatic rings. The average molecular weight is 153 g/mol. The minimum Gasteiger partial charge on any atom is -0.480 e. The Labute approximate surface area is 66.0 Å². The maximum absolute atomic E-state index is 10.3. The van der Waals surface area contributed by atoms with E-state index in [1.165, 1.54) is 0 Å². The van der Waals surface area contributed by atoms with E-state index in [0.717, 1.165) is 13.0 Å². The average Bonchev–Trinajstić information content (AvgIpc) is 1.93. The highest BCUT2D eigenvalue weighted by molar-refractivity contribution is 5.69. The predicted octanol–water partition coefficient (Wildman–Crippen LogP) is 0.169. The van der Waals surface area contributed by atoms with Gasteiger partial charge in [0.25, 0.3) is 0 Å². The normalized spacial score (nSPS) is 23.7. The molecule has 1 unspecified atom stereocenters. The number of rotatable bonds is 3. The van der Waals surface area contributed by atoms with Crippen LogP contribution >= 0.6 is 0 Å². The third-order valence-corrected chi connectivity index (χ3v) is 1.96. The summed E-state index contributed by atoms with van der Waals surface area (Å²) in [6.45, 7) is 1.00. The van der Waals surface area contributed by atoms with Gasteiger partial charge in [0.15, 0.2) is 0 Å². The van der Waals surface area contributed by atoms with Crippen molar-refractivity contribution in [1.82, 2.24) is 4.90 Å². The molecule has 1 heterocycles. The summed E-state index contributed by atoms with van der Waals surface area (Å²) in [7, 11) is 0. The monoisotopic (exact) mass is 153 g/mol. The van der Waals surface area contributed by atoms with E-state index in [9.17, 15) is 4.79 Å². The summed E-state index contributed by atoms with van der Waals surface area (Å²) in [5, 5.41) is 8.44. The molecule has 1 fully saturated rings. The van der Waals surface area contributed by atoms with Crippen LogP contribution in [-0.2, 0) is 4.79 Å². The van der Waals surface area contributed by atoms with Gasteiger partial charge in [0.1, 0.15) is 0 Å². The molecule has 11 heavy (non-hydrogen) atoms. The summed E-state index contributed by atoms with van der Waals surface area (Å²) in [6.07, 6.45) is 6.82. The van der Waals surface area contributed by atoms with Crippen molar-refractivity contribution in [2.45, 2.75) is 18.9 Å². The van der Waals surface area contributed by atoms with Crippen molar-refractivity contribution in [2.75, 3.05) is 13.1 Å². The van der Waals surface area contributed by atoms with Gasteiger partial charge in [-0.25, -0.2) is 0 Å². The fourth-order valence-corrected chi connectivity index (χ4v) is 1.24. The summed E-state index contributed by atoms with van der Waals surface area (Å²) in [5.41, 5.74) is 0. The van der Waals surface area contributed by atoms with Crippen molar-refractivity contribution >= 4 is 5.97 Å². The highest BCUT2D eigenvalue weighted by Gasteiger charge is 2.28. The predicted molar refractivity (Wildman–Crippen MR) is 41.1 cm³/mol. The first-order chi connectivity index (χ1) is 5.24. The minimum atomic E-state index is -0.772. The van der Waals surface area contributed by atoms with Gasteiger partial charge in [0.05, 0.1) is 6.54 Å². The standard InChI is InChI=1S/C8H11NO2/c1-2-3-7-4-5-9(7)6-8(10)11/h1,7H,3-6H2,(H,10,11). The summed E-state index contributed by atoms with van der Waals surface area (Å²) in [6, 6.07) is 0.316.